The molecule has 0 atom stereocenters. The Labute approximate surface area is 110 Å². The van der Waals surface area contributed by atoms with Crippen LogP contribution in [0, 0.1) is 0 Å². The summed E-state index contributed by atoms with van der Waals surface area (Å²) in [6, 6.07) is 2.92. The van der Waals surface area contributed by atoms with Gasteiger partial charge in [0.15, 0.2) is 10.8 Å². The SMILES string of the molecule is CS(=O)(=O)NCCCNC(=O)c1ccc(Cl)nn1. The summed E-state index contributed by atoms with van der Waals surface area (Å²) < 4.78 is 23.8. The molecule has 18 heavy (non-hydrogen) atoms. The first-order valence-electron chi connectivity index (χ1n) is 5.10. The van der Waals surface area contributed by atoms with Crippen molar-refractivity contribution in [3.63, 3.8) is 0 Å². The normalized spacial score (nSPS) is 11.2. The molecule has 2 N–H and O–H groups in total. The highest BCUT2D eigenvalue weighted by molar-refractivity contribution is 7.88. The zero-order chi connectivity index (χ0) is 13.6. The van der Waals surface area contributed by atoms with Gasteiger partial charge in [-0.2, -0.15) is 0 Å². The zero-order valence-electron chi connectivity index (χ0n) is 9.68. The van der Waals surface area contributed by atoms with Gasteiger partial charge in [0, 0.05) is 13.1 Å². The lowest BCUT2D eigenvalue weighted by Crippen LogP contribution is -2.29. The number of sulfonamides is 1. The molecule has 0 aromatic carbocycles. The minimum Gasteiger partial charge on any atom is -0.351 e. The summed E-state index contributed by atoms with van der Waals surface area (Å²) in [4.78, 5) is 11.5. The Morgan fingerprint density at radius 2 is 2.06 bits per heavy atom. The maximum absolute atomic E-state index is 11.5. The predicted octanol–water partition coefficient (Wildman–Crippen LogP) is -0.201. The maximum Gasteiger partial charge on any atom is 0.271 e. The molecule has 1 amide bonds. The second kappa shape index (κ2) is 6.62. The van der Waals surface area contributed by atoms with Gasteiger partial charge in [-0.1, -0.05) is 11.6 Å². The predicted molar refractivity (Wildman–Crippen MR) is 66.8 cm³/mol. The summed E-state index contributed by atoms with van der Waals surface area (Å²) in [6.07, 6.45) is 1.56. The van der Waals surface area contributed by atoms with Gasteiger partial charge < -0.3 is 5.32 Å². The van der Waals surface area contributed by atoms with Crippen LogP contribution in [0.5, 0.6) is 0 Å². The Hall–Kier alpha value is -1.25. The fraction of sp³-hybridized carbons (Fsp3) is 0.444. The van der Waals surface area contributed by atoms with Crippen LogP contribution in [0.3, 0.4) is 0 Å². The molecule has 0 aliphatic carbocycles. The third-order valence-corrected chi connectivity index (χ3v) is 2.80. The first-order valence-corrected chi connectivity index (χ1v) is 7.37. The molecule has 1 aromatic heterocycles. The summed E-state index contributed by atoms with van der Waals surface area (Å²) in [5.41, 5.74) is 0.162. The number of hydrogen-bond donors (Lipinski definition) is 2. The van der Waals surface area contributed by atoms with Gasteiger partial charge in [0.2, 0.25) is 10.0 Å². The van der Waals surface area contributed by atoms with Crippen molar-refractivity contribution < 1.29 is 13.2 Å². The third-order valence-electron chi connectivity index (χ3n) is 1.87. The van der Waals surface area contributed by atoms with Crippen LogP contribution in [0.15, 0.2) is 12.1 Å². The first kappa shape index (κ1) is 14.8. The Balaban J connectivity index is 2.28. The van der Waals surface area contributed by atoms with Crippen molar-refractivity contribution in [2.45, 2.75) is 6.42 Å². The van der Waals surface area contributed by atoms with Crippen molar-refractivity contribution >= 4 is 27.5 Å². The number of aromatic nitrogens is 2. The van der Waals surface area contributed by atoms with E-state index in [1.165, 1.54) is 12.1 Å². The smallest absolute Gasteiger partial charge is 0.271 e. The number of carbonyl (C=O) groups is 1. The molecule has 0 fully saturated rings. The second-order valence-electron chi connectivity index (χ2n) is 3.52. The van der Waals surface area contributed by atoms with Gasteiger partial charge in [0.05, 0.1) is 6.26 Å². The minimum absolute atomic E-state index is 0.162. The van der Waals surface area contributed by atoms with Crippen LogP contribution < -0.4 is 10.0 Å². The van der Waals surface area contributed by atoms with Crippen molar-refractivity contribution in [2.75, 3.05) is 19.3 Å². The Bertz CT molecular complexity index is 503. The quantitative estimate of drug-likeness (QED) is 0.707. The molecule has 0 aliphatic rings. The fourth-order valence-electron chi connectivity index (χ4n) is 1.08. The summed E-state index contributed by atoms with van der Waals surface area (Å²) in [6.45, 7) is 0.608. The average Bonchev–Trinajstić information content (AvgIpc) is 2.27. The first-order chi connectivity index (χ1) is 8.38. The average molecular weight is 293 g/mol. The van der Waals surface area contributed by atoms with Crippen molar-refractivity contribution in [1.29, 1.82) is 0 Å². The van der Waals surface area contributed by atoms with E-state index in [1.807, 2.05) is 0 Å². The number of halogens is 1. The molecule has 1 rings (SSSR count). The number of carbonyl (C=O) groups excluding carboxylic acids is 1. The van der Waals surface area contributed by atoms with Crippen molar-refractivity contribution in [3.05, 3.63) is 23.0 Å². The van der Waals surface area contributed by atoms with E-state index in [-0.39, 0.29) is 23.3 Å². The highest BCUT2D eigenvalue weighted by Crippen LogP contribution is 2.01. The van der Waals surface area contributed by atoms with Gasteiger partial charge in [-0.05, 0) is 18.6 Å². The van der Waals surface area contributed by atoms with Gasteiger partial charge in [-0.15, -0.1) is 10.2 Å². The van der Waals surface area contributed by atoms with Gasteiger partial charge in [0.1, 0.15) is 0 Å². The van der Waals surface area contributed by atoms with E-state index in [0.29, 0.717) is 13.0 Å². The Morgan fingerprint density at radius 1 is 1.33 bits per heavy atom. The fourth-order valence-corrected chi connectivity index (χ4v) is 1.69. The molecule has 0 saturated heterocycles. The van der Waals surface area contributed by atoms with Gasteiger partial charge >= 0.3 is 0 Å². The van der Waals surface area contributed by atoms with Gasteiger partial charge in [-0.3, -0.25) is 4.79 Å². The molecule has 9 heteroatoms. The molecule has 100 valence electrons. The van der Waals surface area contributed by atoms with Gasteiger partial charge in [0.25, 0.3) is 5.91 Å². The van der Waals surface area contributed by atoms with Crippen molar-refractivity contribution in [2.24, 2.45) is 0 Å². The molecule has 0 unspecified atom stereocenters. The lowest BCUT2D eigenvalue weighted by Gasteiger charge is -2.04. The summed E-state index contributed by atoms with van der Waals surface area (Å²) in [5, 5.41) is 9.95. The highest BCUT2D eigenvalue weighted by Gasteiger charge is 2.07. The van der Waals surface area contributed by atoms with E-state index >= 15 is 0 Å². The summed E-state index contributed by atoms with van der Waals surface area (Å²) in [7, 11) is -3.18. The topological polar surface area (TPSA) is 101 Å². The van der Waals surface area contributed by atoms with E-state index in [1.54, 1.807) is 0 Å². The third kappa shape index (κ3) is 5.89. The number of hydrogen-bond acceptors (Lipinski definition) is 5. The van der Waals surface area contributed by atoms with E-state index in [2.05, 4.69) is 20.2 Å². The lowest BCUT2D eigenvalue weighted by atomic mass is 10.3. The van der Waals surface area contributed by atoms with Crippen LogP contribution >= 0.6 is 11.6 Å². The molecular weight excluding hydrogens is 280 g/mol. The maximum atomic E-state index is 11.5. The number of rotatable bonds is 6. The van der Waals surface area contributed by atoms with E-state index in [0.717, 1.165) is 6.26 Å². The molecule has 0 spiro atoms. The molecule has 0 radical (unpaired) electrons. The Kier molecular flexibility index (Phi) is 5.45. The standard InChI is InChI=1S/C9H13ClN4O3S/c1-18(16,17)12-6-2-5-11-9(15)7-3-4-8(10)14-13-7/h3-4,12H,2,5-6H2,1H3,(H,11,15). The summed E-state index contributed by atoms with van der Waals surface area (Å²) >= 11 is 5.53. The molecule has 1 aromatic rings. The van der Waals surface area contributed by atoms with E-state index in [4.69, 9.17) is 11.6 Å². The number of nitrogens with one attached hydrogen (secondary N) is 2. The van der Waals surface area contributed by atoms with Gasteiger partial charge in [-0.25, -0.2) is 13.1 Å². The highest BCUT2D eigenvalue weighted by atomic mass is 35.5. The van der Waals surface area contributed by atoms with E-state index < -0.39 is 10.0 Å². The molecule has 0 aliphatic heterocycles. The molecule has 0 saturated carbocycles. The zero-order valence-corrected chi connectivity index (χ0v) is 11.3. The number of nitrogens with zero attached hydrogens (tertiary/aromatic N) is 2. The van der Waals surface area contributed by atoms with Crippen LogP contribution in [0.4, 0.5) is 0 Å². The Morgan fingerprint density at radius 3 is 2.61 bits per heavy atom. The largest absolute Gasteiger partial charge is 0.351 e. The molecule has 0 bridgehead atoms. The monoisotopic (exact) mass is 292 g/mol. The lowest BCUT2D eigenvalue weighted by molar-refractivity contribution is 0.0947. The van der Waals surface area contributed by atoms with E-state index in [9.17, 15) is 13.2 Å². The summed E-state index contributed by atoms with van der Waals surface area (Å²) in [5.74, 6) is -0.376. The molecule has 1 heterocycles. The molecule has 7 nitrogen and oxygen atoms in total. The van der Waals surface area contributed by atoms with Crippen LogP contribution in [-0.4, -0.2) is 43.9 Å². The van der Waals surface area contributed by atoms with Crippen LogP contribution in [0.1, 0.15) is 16.9 Å². The van der Waals surface area contributed by atoms with Crippen LogP contribution in [0.25, 0.3) is 0 Å². The second-order valence-corrected chi connectivity index (χ2v) is 5.74. The van der Waals surface area contributed by atoms with Crippen molar-refractivity contribution in [3.8, 4) is 0 Å². The van der Waals surface area contributed by atoms with Crippen LogP contribution in [0.2, 0.25) is 5.15 Å². The minimum atomic E-state index is -3.18. The number of amides is 1. The van der Waals surface area contributed by atoms with Crippen molar-refractivity contribution in [1.82, 2.24) is 20.2 Å². The van der Waals surface area contributed by atoms with Crippen LogP contribution in [-0.2, 0) is 10.0 Å². The molecular formula is C9H13ClN4O3S.